The van der Waals surface area contributed by atoms with Crippen molar-refractivity contribution in [2.24, 2.45) is 0 Å². The van der Waals surface area contributed by atoms with Gasteiger partial charge in [-0.2, -0.15) is 0 Å². The van der Waals surface area contributed by atoms with Gasteiger partial charge in [0.1, 0.15) is 17.3 Å². The molecule has 2 rings (SSSR count). The van der Waals surface area contributed by atoms with Crippen LogP contribution in [0.5, 0.6) is 11.5 Å². The van der Waals surface area contributed by atoms with Crippen LogP contribution in [-0.4, -0.2) is 14.2 Å². The zero-order chi connectivity index (χ0) is 13.7. The molecule has 0 saturated carbocycles. The quantitative estimate of drug-likeness (QED) is 0.771. The van der Waals surface area contributed by atoms with Gasteiger partial charge in [0.25, 0.3) is 0 Å². The highest BCUT2D eigenvalue weighted by Gasteiger charge is 2.00. The van der Waals surface area contributed by atoms with Crippen molar-refractivity contribution in [1.29, 1.82) is 0 Å². The van der Waals surface area contributed by atoms with Crippen LogP contribution in [0, 0.1) is 5.82 Å². The van der Waals surface area contributed by atoms with Crippen molar-refractivity contribution < 1.29 is 13.9 Å². The third-order valence-corrected chi connectivity index (χ3v) is 2.73. The second kappa shape index (κ2) is 6.05. The summed E-state index contributed by atoms with van der Waals surface area (Å²) in [5, 5.41) is 0. The van der Waals surface area contributed by atoms with E-state index in [-0.39, 0.29) is 5.82 Å². The first-order valence-corrected chi connectivity index (χ1v) is 5.88. The van der Waals surface area contributed by atoms with Gasteiger partial charge in [-0.3, -0.25) is 0 Å². The third kappa shape index (κ3) is 3.35. The first kappa shape index (κ1) is 13.1. The Morgan fingerprint density at radius 1 is 0.895 bits per heavy atom. The molecule has 0 amide bonds. The van der Waals surface area contributed by atoms with E-state index in [1.807, 2.05) is 18.2 Å². The molecular formula is C16H15FO2. The first-order valence-electron chi connectivity index (χ1n) is 5.88. The van der Waals surface area contributed by atoms with Crippen LogP contribution in [0.3, 0.4) is 0 Å². The molecular weight excluding hydrogens is 243 g/mol. The molecule has 2 nitrogen and oxygen atoms in total. The van der Waals surface area contributed by atoms with Crippen molar-refractivity contribution in [3.8, 4) is 11.5 Å². The molecule has 0 heterocycles. The maximum Gasteiger partial charge on any atom is 0.130 e. The maximum absolute atomic E-state index is 13.5. The molecule has 0 bridgehead atoms. The lowest BCUT2D eigenvalue weighted by atomic mass is 10.1. The molecule has 19 heavy (non-hydrogen) atoms. The molecule has 0 atom stereocenters. The molecule has 2 aromatic carbocycles. The standard InChI is InChI=1S/C16H15FO2/c1-18-14-9-12(10-15(11-14)19-2)7-8-13-5-3-4-6-16(13)17/h3-11H,1-2H3/b8-7+. The van der Waals surface area contributed by atoms with Crippen molar-refractivity contribution in [3.05, 3.63) is 59.4 Å². The van der Waals surface area contributed by atoms with Gasteiger partial charge in [0.05, 0.1) is 14.2 Å². The zero-order valence-corrected chi connectivity index (χ0v) is 10.9. The van der Waals surface area contributed by atoms with E-state index in [1.54, 1.807) is 44.6 Å². The Hall–Kier alpha value is -2.29. The summed E-state index contributed by atoms with van der Waals surface area (Å²) in [6.07, 6.45) is 3.55. The SMILES string of the molecule is COc1cc(/C=C/c2ccccc2F)cc(OC)c1. The van der Waals surface area contributed by atoms with Crippen LogP contribution >= 0.6 is 0 Å². The van der Waals surface area contributed by atoms with Gasteiger partial charge in [-0.05, 0) is 23.8 Å². The second-order valence-electron chi connectivity index (χ2n) is 4.00. The summed E-state index contributed by atoms with van der Waals surface area (Å²) in [7, 11) is 3.19. The summed E-state index contributed by atoms with van der Waals surface area (Å²) in [5.74, 6) is 1.16. The van der Waals surface area contributed by atoms with Gasteiger partial charge < -0.3 is 9.47 Å². The number of rotatable bonds is 4. The highest BCUT2D eigenvalue weighted by atomic mass is 19.1. The summed E-state index contributed by atoms with van der Waals surface area (Å²) < 4.78 is 23.9. The van der Waals surface area contributed by atoms with Gasteiger partial charge in [-0.15, -0.1) is 0 Å². The van der Waals surface area contributed by atoms with E-state index in [2.05, 4.69) is 0 Å². The molecule has 0 fully saturated rings. The number of hydrogen-bond donors (Lipinski definition) is 0. The van der Waals surface area contributed by atoms with Crippen molar-refractivity contribution in [1.82, 2.24) is 0 Å². The Balaban J connectivity index is 2.30. The Morgan fingerprint density at radius 2 is 1.53 bits per heavy atom. The highest BCUT2D eigenvalue weighted by Crippen LogP contribution is 2.24. The van der Waals surface area contributed by atoms with Crippen LogP contribution in [-0.2, 0) is 0 Å². The van der Waals surface area contributed by atoms with Crippen molar-refractivity contribution in [2.75, 3.05) is 14.2 Å². The third-order valence-electron chi connectivity index (χ3n) is 2.73. The zero-order valence-electron chi connectivity index (χ0n) is 10.9. The summed E-state index contributed by atoms with van der Waals surface area (Å²) in [6, 6.07) is 12.1. The van der Waals surface area contributed by atoms with Gasteiger partial charge in [-0.25, -0.2) is 4.39 Å². The van der Waals surface area contributed by atoms with Crippen LogP contribution < -0.4 is 9.47 Å². The van der Waals surface area contributed by atoms with Crippen LogP contribution in [0.25, 0.3) is 12.2 Å². The van der Waals surface area contributed by atoms with Crippen LogP contribution in [0.1, 0.15) is 11.1 Å². The summed E-state index contributed by atoms with van der Waals surface area (Å²) in [6.45, 7) is 0. The molecule has 0 saturated heterocycles. The predicted molar refractivity (Wildman–Crippen MR) is 74.9 cm³/mol. The average Bonchev–Trinajstić information content (AvgIpc) is 2.46. The van der Waals surface area contributed by atoms with Crippen LogP contribution in [0.15, 0.2) is 42.5 Å². The summed E-state index contributed by atoms with van der Waals surface area (Å²) >= 11 is 0. The molecule has 0 unspecified atom stereocenters. The number of ether oxygens (including phenoxy) is 2. The normalized spacial score (nSPS) is 10.7. The molecule has 0 aliphatic heterocycles. The maximum atomic E-state index is 13.5. The van der Waals surface area contributed by atoms with E-state index in [9.17, 15) is 4.39 Å². The fourth-order valence-corrected chi connectivity index (χ4v) is 1.72. The Bertz CT molecular complexity index is 569. The lowest BCUT2D eigenvalue weighted by Gasteiger charge is -2.05. The predicted octanol–water partition coefficient (Wildman–Crippen LogP) is 4.01. The van der Waals surface area contributed by atoms with Crippen molar-refractivity contribution >= 4 is 12.2 Å². The van der Waals surface area contributed by atoms with Gasteiger partial charge in [-0.1, -0.05) is 30.4 Å². The number of hydrogen-bond acceptors (Lipinski definition) is 2. The molecule has 98 valence electrons. The number of halogens is 1. The average molecular weight is 258 g/mol. The van der Waals surface area contributed by atoms with Gasteiger partial charge >= 0.3 is 0 Å². The van der Waals surface area contributed by atoms with Crippen molar-refractivity contribution in [3.63, 3.8) is 0 Å². The van der Waals surface area contributed by atoms with E-state index in [0.717, 1.165) is 5.56 Å². The second-order valence-corrected chi connectivity index (χ2v) is 4.00. The van der Waals surface area contributed by atoms with Crippen molar-refractivity contribution in [2.45, 2.75) is 0 Å². The Kier molecular flexibility index (Phi) is 4.18. The first-order chi connectivity index (χ1) is 9.22. The van der Waals surface area contributed by atoms with Gasteiger partial charge in [0, 0.05) is 11.6 Å². The molecule has 0 aromatic heterocycles. The minimum atomic E-state index is -0.242. The lowest BCUT2D eigenvalue weighted by Crippen LogP contribution is -1.88. The minimum Gasteiger partial charge on any atom is -0.497 e. The van der Waals surface area contributed by atoms with E-state index in [4.69, 9.17) is 9.47 Å². The number of benzene rings is 2. The van der Waals surface area contributed by atoms with E-state index < -0.39 is 0 Å². The minimum absolute atomic E-state index is 0.242. The van der Waals surface area contributed by atoms with Crippen LogP contribution in [0.2, 0.25) is 0 Å². The smallest absolute Gasteiger partial charge is 0.130 e. The molecule has 0 aliphatic rings. The molecule has 0 radical (unpaired) electrons. The molecule has 0 aliphatic carbocycles. The van der Waals surface area contributed by atoms with E-state index >= 15 is 0 Å². The largest absolute Gasteiger partial charge is 0.497 e. The highest BCUT2D eigenvalue weighted by molar-refractivity contribution is 5.71. The van der Waals surface area contributed by atoms with Gasteiger partial charge in [0.15, 0.2) is 0 Å². The monoisotopic (exact) mass is 258 g/mol. The molecule has 0 spiro atoms. The van der Waals surface area contributed by atoms with E-state index in [1.165, 1.54) is 6.07 Å². The summed E-state index contributed by atoms with van der Waals surface area (Å²) in [5.41, 5.74) is 1.43. The molecule has 2 aromatic rings. The topological polar surface area (TPSA) is 18.5 Å². The fraction of sp³-hybridized carbons (Fsp3) is 0.125. The van der Waals surface area contributed by atoms with Crippen LogP contribution in [0.4, 0.5) is 4.39 Å². The lowest BCUT2D eigenvalue weighted by molar-refractivity contribution is 0.394. The van der Waals surface area contributed by atoms with Gasteiger partial charge in [0.2, 0.25) is 0 Å². The van der Waals surface area contributed by atoms with E-state index in [0.29, 0.717) is 17.1 Å². The fourth-order valence-electron chi connectivity index (χ4n) is 1.72. The number of methoxy groups -OCH3 is 2. The summed E-state index contributed by atoms with van der Waals surface area (Å²) in [4.78, 5) is 0. The molecule has 0 N–H and O–H groups in total. The Morgan fingerprint density at radius 3 is 2.11 bits per heavy atom. The Labute approximate surface area is 112 Å². The molecule has 3 heteroatoms.